The molecule has 0 radical (unpaired) electrons. The van der Waals surface area contributed by atoms with Crippen LogP contribution in [0, 0.1) is 0 Å². The highest BCUT2D eigenvalue weighted by molar-refractivity contribution is 7.89. The number of benzene rings is 1. The Labute approximate surface area is 121 Å². The van der Waals surface area contributed by atoms with Gasteiger partial charge < -0.3 is 4.74 Å². The Morgan fingerprint density at radius 2 is 1.85 bits per heavy atom. The molecule has 0 amide bonds. The van der Waals surface area contributed by atoms with Crippen LogP contribution in [0.25, 0.3) is 10.6 Å². The Morgan fingerprint density at radius 3 is 2.45 bits per heavy atom. The van der Waals surface area contributed by atoms with E-state index in [9.17, 15) is 8.42 Å². The maximum atomic E-state index is 12.4. The lowest BCUT2D eigenvalue weighted by atomic mass is 10.2. The molecule has 106 valence electrons. The van der Waals surface area contributed by atoms with Crippen LogP contribution in [0.1, 0.15) is 0 Å². The Balaban J connectivity index is 1.87. The van der Waals surface area contributed by atoms with E-state index < -0.39 is 10.0 Å². The summed E-state index contributed by atoms with van der Waals surface area (Å²) in [6.45, 7) is 1.74. The third kappa shape index (κ3) is 2.62. The molecule has 0 unspecified atom stereocenters. The van der Waals surface area contributed by atoms with Gasteiger partial charge in [-0.15, -0.1) is 11.3 Å². The number of aromatic nitrogens is 1. The fourth-order valence-electron chi connectivity index (χ4n) is 2.07. The van der Waals surface area contributed by atoms with Gasteiger partial charge in [-0.1, -0.05) is 12.1 Å². The highest BCUT2D eigenvalue weighted by Crippen LogP contribution is 2.24. The third-order valence-corrected chi connectivity index (χ3v) is 5.88. The van der Waals surface area contributed by atoms with Gasteiger partial charge >= 0.3 is 0 Å². The van der Waals surface area contributed by atoms with Gasteiger partial charge in [-0.2, -0.15) is 4.31 Å². The lowest BCUT2D eigenvalue weighted by molar-refractivity contribution is 0.0730. The van der Waals surface area contributed by atoms with E-state index in [1.54, 1.807) is 30.5 Å². The molecular weight excluding hydrogens is 296 g/mol. The number of rotatable bonds is 3. The first-order chi connectivity index (χ1) is 9.68. The predicted molar refractivity (Wildman–Crippen MR) is 77.1 cm³/mol. The molecule has 2 aromatic rings. The average Bonchev–Trinajstić information content (AvgIpc) is 3.02. The molecule has 0 atom stereocenters. The second-order valence-corrected chi connectivity index (χ2v) is 7.21. The van der Waals surface area contributed by atoms with Crippen molar-refractivity contribution in [3.05, 3.63) is 35.8 Å². The van der Waals surface area contributed by atoms with Crippen molar-refractivity contribution in [2.75, 3.05) is 26.3 Å². The number of nitrogens with zero attached hydrogens (tertiary/aromatic N) is 2. The molecule has 0 saturated carbocycles. The fourth-order valence-corrected chi connectivity index (χ4v) is 4.12. The van der Waals surface area contributed by atoms with Crippen molar-refractivity contribution in [2.24, 2.45) is 0 Å². The zero-order valence-electron chi connectivity index (χ0n) is 10.7. The van der Waals surface area contributed by atoms with Crippen molar-refractivity contribution in [1.29, 1.82) is 0 Å². The number of hydrogen-bond acceptors (Lipinski definition) is 5. The SMILES string of the molecule is O=S(=O)(c1ccc(-c2nccs2)cc1)N1CCOCC1. The third-order valence-electron chi connectivity index (χ3n) is 3.14. The standard InChI is InChI=1S/C13H14N2O3S2/c16-20(17,15-6-8-18-9-7-15)12-3-1-11(2-4-12)13-14-5-10-19-13/h1-5,10H,6-9H2. The van der Waals surface area contributed by atoms with Crippen LogP contribution in [0.4, 0.5) is 0 Å². The maximum Gasteiger partial charge on any atom is 0.243 e. The molecule has 7 heteroatoms. The Kier molecular flexibility index (Phi) is 3.84. The highest BCUT2D eigenvalue weighted by atomic mass is 32.2. The number of morpholine rings is 1. The van der Waals surface area contributed by atoms with Crippen LogP contribution >= 0.6 is 11.3 Å². The van der Waals surface area contributed by atoms with Gasteiger partial charge in [0, 0.05) is 30.2 Å². The van der Waals surface area contributed by atoms with Gasteiger partial charge in [-0.3, -0.25) is 0 Å². The fraction of sp³-hybridized carbons (Fsp3) is 0.308. The van der Waals surface area contributed by atoms with Crippen LogP contribution in [-0.2, 0) is 14.8 Å². The molecule has 0 bridgehead atoms. The first-order valence-corrected chi connectivity index (χ1v) is 8.58. The molecule has 1 aliphatic rings. The Bertz CT molecular complexity index is 660. The summed E-state index contributed by atoms with van der Waals surface area (Å²) in [5.41, 5.74) is 0.931. The first kappa shape index (κ1) is 13.7. The minimum atomic E-state index is -3.41. The van der Waals surface area contributed by atoms with Crippen LogP contribution in [0.2, 0.25) is 0 Å². The lowest BCUT2D eigenvalue weighted by Gasteiger charge is -2.26. The van der Waals surface area contributed by atoms with E-state index in [1.807, 2.05) is 5.38 Å². The van der Waals surface area contributed by atoms with Gasteiger partial charge in [0.15, 0.2) is 0 Å². The Morgan fingerprint density at radius 1 is 1.15 bits per heavy atom. The van der Waals surface area contributed by atoms with Crippen LogP contribution in [0.5, 0.6) is 0 Å². The van der Waals surface area contributed by atoms with Crippen LogP contribution in [0.15, 0.2) is 40.7 Å². The largest absolute Gasteiger partial charge is 0.379 e. The number of thiazole rings is 1. The maximum absolute atomic E-state index is 12.4. The lowest BCUT2D eigenvalue weighted by Crippen LogP contribution is -2.40. The van der Waals surface area contributed by atoms with Gasteiger partial charge in [0.25, 0.3) is 0 Å². The molecule has 1 aromatic carbocycles. The second-order valence-electron chi connectivity index (χ2n) is 4.38. The molecule has 0 aliphatic carbocycles. The van der Waals surface area contributed by atoms with Crippen molar-refractivity contribution in [2.45, 2.75) is 4.90 Å². The Hall–Kier alpha value is -1.28. The van der Waals surface area contributed by atoms with E-state index in [0.29, 0.717) is 31.2 Å². The van der Waals surface area contributed by atoms with Gasteiger partial charge in [-0.05, 0) is 12.1 Å². The summed E-state index contributed by atoms with van der Waals surface area (Å²) in [5.74, 6) is 0. The summed E-state index contributed by atoms with van der Waals surface area (Å²) in [6, 6.07) is 6.88. The molecule has 5 nitrogen and oxygen atoms in total. The second kappa shape index (κ2) is 5.61. The van der Waals surface area contributed by atoms with E-state index in [0.717, 1.165) is 10.6 Å². The molecule has 1 saturated heterocycles. The summed E-state index contributed by atoms with van der Waals surface area (Å²) in [7, 11) is -3.41. The molecule has 1 fully saturated rings. The zero-order chi connectivity index (χ0) is 14.0. The van der Waals surface area contributed by atoms with Gasteiger partial charge in [0.05, 0.1) is 18.1 Å². The van der Waals surface area contributed by atoms with E-state index in [1.165, 1.54) is 15.6 Å². The van der Waals surface area contributed by atoms with Gasteiger partial charge in [0.1, 0.15) is 5.01 Å². The highest BCUT2D eigenvalue weighted by Gasteiger charge is 2.26. The molecule has 2 heterocycles. The summed E-state index contributed by atoms with van der Waals surface area (Å²) in [6.07, 6.45) is 1.73. The number of ether oxygens (including phenoxy) is 1. The summed E-state index contributed by atoms with van der Waals surface area (Å²) in [4.78, 5) is 4.53. The molecule has 20 heavy (non-hydrogen) atoms. The topological polar surface area (TPSA) is 59.5 Å². The van der Waals surface area contributed by atoms with E-state index in [-0.39, 0.29) is 0 Å². The smallest absolute Gasteiger partial charge is 0.243 e. The van der Waals surface area contributed by atoms with Crippen LogP contribution in [0.3, 0.4) is 0 Å². The summed E-state index contributed by atoms with van der Waals surface area (Å²) in [5, 5.41) is 2.79. The van der Waals surface area contributed by atoms with E-state index >= 15 is 0 Å². The van der Waals surface area contributed by atoms with Crippen molar-refractivity contribution in [1.82, 2.24) is 9.29 Å². The molecular formula is C13H14N2O3S2. The first-order valence-electron chi connectivity index (χ1n) is 6.26. The van der Waals surface area contributed by atoms with Crippen LogP contribution in [-0.4, -0.2) is 44.0 Å². The van der Waals surface area contributed by atoms with Crippen molar-refractivity contribution >= 4 is 21.4 Å². The molecule has 3 rings (SSSR count). The van der Waals surface area contributed by atoms with Crippen molar-refractivity contribution < 1.29 is 13.2 Å². The number of sulfonamides is 1. The summed E-state index contributed by atoms with van der Waals surface area (Å²) >= 11 is 1.53. The van der Waals surface area contributed by atoms with Crippen LogP contribution < -0.4 is 0 Å². The molecule has 1 aromatic heterocycles. The zero-order valence-corrected chi connectivity index (χ0v) is 12.4. The summed E-state index contributed by atoms with van der Waals surface area (Å²) < 4.78 is 31.5. The predicted octanol–water partition coefficient (Wildman–Crippen LogP) is 1.83. The van der Waals surface area contributed by atoms with Crippen molar-refractivity contribution in [3.8, 4) is 10.6 Å². The minimum absolute atomic E-state index is 0.319. The normalized spacial score (nSPS) is 17.2. The molecule has 0 spiro atoms. The number of hydrogen-bond donors (Lipinski definition) is 0. The van der Waals surface area contributed by atoms with Gasteiger partial charge in [0.2, 0.25) is 10.0 Å². The monoisotopic (exact) mass is 310 g/mol. The molecule has 0 N–H and O–H groups in total. The minimum Gasteiger partial charge on any atom is -0.379 e. The average molecular weight is 310 g/mol. The quantitative estimate of drug-likeness (QED) is 0.868. The van der Waals surface area contributed by atoms with E-state index in [2.05, 4.69) is 4.98 Å². The van der Waals surface area contributed by atoms with Gasteiger partial charge in [-0.25, -0.2) is 13.4 Å². The van der Waals surface area contributed by atoms with Crippen molar-refractivity contribution in [3.63, 3.8) is 0 Å². The molecule has 1 aliphatic heterocycles. The van der Waals surface area contributed by atoms with E-state index in [4.69, 9.17) is 4.74 Å².